The third-order valence-electron chi connectivity index (χ3n) is 3.70. The average Bonchev–Trinajstić information content (AvgIpc) is 2.94. The summed E-state index contributed by atoms with van der Waals surface area (Å²) in [5, 5.41) is 11.9. The highest BCUT2D eigenvalue weighted by Crippen LogP contribution is 2.44. The quantitative estimate of drug-likeness (QED) is 0.887. The summed E-state index contributed by atoms with van der Waals surface area (Å²) < 4.78 is 0. The topological polar surface area (TPSA) is 69.6 Å². The van der Waals surface area contributed by atoms with Gasteiger partial charge in [0.15, 0.2) is 0 Å². The zero-order valence-electron chi connectivity index (χ0n) is 12.0. The molecule has 1 aliphatic carbocycles. The average molecular weight is 276 g/mol. The molecule has 0 spiro atoms. The molecule has 5 heteroatoms. The van der Waals surface area contributed by atoms with Gasteiger partial charge in [-0.3, -0.25) is 9.69 Å². The van der Waals surface area contributed by atoms with Crippen LogP contribution in [-0.2, 0) is 4.79 Å². The second-order valence-electron chi connectivity index (χ2n) is 6.01. The number of rotatable bonds is 4. The third-order valence-corrected chi connectivity index (χ3v) is 3.70. The van der Waals surface area contributed by atoms with Crippen LogP contribution < -0.4 is 10.2 Å². The summed E-state index contributed by atoms with van der Waals surface area (Å²) in [6.45, 7) is 5.75. The van der Waals surface area contributed by atoms with Gasteiger partial charge in [-0.25, -0.2) is 4.79 Å². The van der Waals surface area contributed by atoms with Crippen molar-refractivity contribution in [3.63, 3.8) is 0 Å². The molecule has 0 radical (unpaired) electrons. The van der Waals surface area contributed by atoms with E-state index in [-0.39, 0.29) is 24.0 Å². The number of urea groups is 1. The van der Waals surface area contributed by atoms with Gasteiger partial charge < -0.3 is 10.4 Å². The maximum Gasteiger partial charge on any atom is 0.323 e. The second kappa shape index (κ2) is 5.15. The fourth-order valence-electron chi connectivity index (χ4n) is 2.08. The van der Waals surface area contributed by atoms with E-state index in [1.54, 1.807) is 12.1 Å². The van der Waals surface area contributed by atoms with E-state index in [1.807, 2.05) is 19.1 Å². The number of nitrogens with one attached hydrogen (secondary N) is 1. The van der Waals surface area contributed by atoms with Crippen molar-refractivity contribution >= 4 is 17.7 Å². The molecule has 0 bridgehead atoms. The minimum atomic E-state index is -1.03. The molecule has 0 saturated heterocycles. The molecule has 2 rings (SSSR count). The van der Waals surface area contributed by atoms with Crippen molar-refractivity contribution in [1.82, 2.24) is 5.32 Å². The highest BCUT2D eigenvalue weighted by atomic mass is 16.4. The zero-order chi connectivity index (χ0) is 14.9. The Kier molecular flexibility index (Phi) is 3.70. The largest absolute Gasteiger partial charge is 0.480 e. The molecule has 1 saturated carbocycles. The lowest BCUT2D eigenvalue weighted by atomic mass is 10.2. The molecule has 108 valence electrons. The summed E-state index contributed by atoms with van der Waals surface area (Å²) in [6.07, 6.45) is 0.924. The molecule has 2 amide bonds. The number of carbonyl (C=O) groups excluding carboxylic acids is 1. The van der Waals surface area contributed by atoms with Crippen LogP contribution in [0.25, 0.3) is 0 Å². The van der Waals surface area contributed by atoms with Crippen LogP contribution in [0.1, 0.15) is 25.8 Å². The molecule has 2 N–H and O–H groups in total. The Hall–Kier alpha value is -2.04. The van der Waals surface area contributed by atoms with Gasteiger partial charge >= 0.3 is 12.0 Å². The van der Waals surface area contributed by atoms with Crippen molar-refractivity contribution in [3.05, 3.63) is 29.8 Å². The van der Waals surface area contributed by atoms with Crippen LogP contribution >= 0.6 is 0 Å². The number of nitrogens with zero attached hydrogens (tertiary/aromatic N) is 1. The Bertz CT molecular complexity index is 522. The second-order valence-corrected chi connectivity index (χ2v) is 6.01. The number of aryl methyl sites for hydroxylation is 1. The predicted molar refractivity (Wildman–Crippen MR) is 76.9 cm³/mol. The van der Waals surface area contributed by atoms with Crippen LogP contribution in [0.15, 0.2) is 24.3 Å². The first kappa shape index (κ1) is 14.4. The molecular weight excluding hydrogens is 256 g/mol. The van der Waals surface area contributed by atoms with E-state index in [0.29, 0.717) is 5.69 Å². The monoisotopic (exact) mass is 276 g/mol. The number of carboxylic acid groups (broad SMARTS) is 1. The number of carboxylic acids is 1. The molecule has 0 heterocycles. The van der Waals surface area contributed by atoms with Gasteiger partial charge in [-0.2, -0.15) is 0 Å². The first-order valence-corrected chi connectivity index (χ1v) is 6.66. The lowest BCUT2D eigenvalue weighted by Gasteiger charge is -2.22. The predicted octanol–water partition coefficient (Wildman–Crippen LogP) is 2.39. The molecule has 1 atom stereocenters. The summed E-state index contributed by atoms with van der Waals surface area (Å²) in [5.41, 5.74) is 1.76. The van der Waals surface area contributed by atoms with E-state index in [1.165, 1.54) is 4.90 Å². The molecule has 1 aliphatic rings. The molecule has 5 nitrogen and oxygen atoms in total. The number of aliphatic carboxylic acids is 1. The van der Waals surface area contributed by atoms with E-state index in [0.717, 1.165) is 12.0 Å². The zero-order valence-corrected chi connectivity index (χ0v) is 12.0. The minimum Gasteiger partial charge on any atom is -0.480 e. The van der Waals surface area contributed by atoms with Gasteiger partial charge in [0.05, 0.1) is 0 Å². The number of carbonyl (C=O) groups is 2. The normalized spacial score (nSPS) is 19.2. The van der Waals surface area contributed by atoms with Crippen LogP contribution in [0.4, 0.5) is 10.5 Å². The van der Waals surface area contributed by atoms with Crippen molar-refractivity contribution in [3.8, 4) is 0 Å². The lowest BCUT2D eigenvalue weighted by molar-refractivity contribution is -0.135. The van der Waals surface area contributed by atoms with Gasteiger partial charge in [0.2, 0.25) is 0 Å². The highest BCUT2D eigenvalue weighted by molar-refractivity contribution is 5.96. The maximum atomic E-state index is 12.3. The summed E-state index contributed by atoms with van der Waals surface area (Å²) in [6, 6.07) is 7.01. The van der Waals surface area contributed by atoms with Crippen LogP contribution in [0.5, 0.6) is 0 Å². The number of amides is 2. The first-order chi connectivity index (χ1) is 9.29. The molecule has 1 aromatic rings. The highest BCUT2D eigenvalue weighted by Gasteiger charge is 2.47. The van der Waals surface area contributed by atoms with Crippen molar-refractivity contribution < 1.29 is 14.7 Å². The SMILES string of the molecule is Cc1ccc(N(CC(=O)O)C(=O)NC2CC2(C)C)cc1. The van der Waals surface area contributed by atoms with Crippen LogP contribution in [0.3, 0.4) is 0 Å². The van der Waals surface area contributed by atoms with Crippen LogP contribution in [0, 0.1) is 12.3 Å². The minimum absolute atomic E-state index is 0.109. The van der Waals surface area contributed by atoms with Crippen molar-refractivity contribution in [2.24, 2.45) is 5.41 Å². The number of benzene rings is 1. The standard InChI is InChI=1S/C15H20N2O3/c1-10-4-6-11(7-5-10)17(9-13(18)19)14(20)16-12-8-15(12,2)3/h4-7,12H,8-9H2,1-3H3,(H,16,20)(H,18,19). The van der Waals surface area contributed by atoms with Crippen molar-refractivity contribution in [2.75, 3.05) is 11.4 Å². The van der Waals surface area contributed by atoms with E-state index < -0.39 is 5.97 Å². The molecule has 0 aromatic heterocycles. The first-order valence-electron chi connectivity index (χ1n) is 6.66. The Labute approximate surface area is 118 Å². The van der Waals surface area contributed by atoms with E-state index in [9.17, 15) is 9.59 Å². The number of hydrogen-bond donors (Lipinski definition) is 2. The van der Waals surface area contributed by atoms with E-state index in [2.05, 4.69) is 19.2 Å². The Morgan fingerprint density at radius 1 is 1.35 bits per heavy atom. The third kappa shape index (κ3) is 3.29. The Morgan fingerprint density at radius 2 is 1.90 bits per heavy atom. The van der Waals surface area contributed by atoms with Crippen molar-refractivity contribution in [2.45, 2.75) is 33.2 Å². The van der Waals surface area contributed by atoms with Gasteiger partial charge in [0.25, 0.3) is 0 Å². The molecule has 20 heavy (non-hydrogen) atoms. The summed E-state index contributed by atoms with van der Waals surface area (Å²) >= 11 is 0. The maximum absolute atomic E-state index is 12.3. The van der Waals surface area contributed by atoms with Gasteiger partial charge in [-0.15, -0.1) is 0 Å². The van der Waals surface area contributed by atoms with Gasteiger partial charge in [-0.1, -0.05) is 31.5 Å². The van der Waals surface area contributed by atoms with Crippen LogP contribution in [-0.4, -0.2) is 29.7 Å². The van der Waals surface area contributed by atoms with Gasteiger partial charge in [0.1, 0.15) is 6.54 Å². The molecule has 1 fully saturated rings. The fraction of sp³-hybridized carbons (Fsp3) is 0.467. The van der Waals surface area contributed by atoms with E-state index in [4.69, 9.17) is 5.11 Å². The summed E-state index contributed by atoms with van der Waals surface area (Å²) in [7, 11) is 0. The molecule has 0 aliphatic heterocycles. The summed E-state index contributed by atoms with van der Waals surface area (Å²) in [4.78, 5) is 24.5. The Morgan fingerprint density at radius 3 is 2.35 bits per heavy atom. The Balaban J connectivity index is 2.12. The number of hydrogen-bond acceptors (Lipinski definition) is 2. The molecule has 1 unspecified atom stereocenters. The smallest absolute Gasteiger partial charge is 0.323 e. The van der Waals surface area contributed by atoms with E-state index >= 15 is 0 Å². The van der Waals surface area contributed by atoms with Crippen molar-refractivity contribution in [1.29, 1.82) is 0 Å². The molecule has 1 aromatic carbocycles. The fourth-order valence-corrected chi connectivity index (χ4v) is 2.08. The van der Waals surface area contributed by atoms with Gasteiger partial charge in [-0.05, 0) is 30.9 Å². The van der Waals surface area contributed by atoms with Gasteiger partial charge in [0, 0.05) is 11.7 Å². The summed E-state index contributed by atoms with van der Waals surface area (Å²) in [5.74, 6) is -1.03. The number of anilines is 1. The van der Waals surface area contributed by atoms with Crippen LogP contribution in [0.2, 0.25) is 0 Å². The lowest BCUT2D eigenvalue weighted by Crippen LogP contribution is -2.44. The molecular formula is C15H20N2O3.